The number of carbonyl (C=O) groups is 2. The summed E-state index contributed by atoms with van der Waals surface area (Å²) in [5.41, 5.74) is 3.95. The Balaban J connectivity index is 2.37. The highest BCUT2D eigenvalue weighted by atomic mass is 32.1. The topological polar surface area (TPSA) is 107 Å². The van der Waals surface area contributed by atoms with Gasteiger partial charge in [0, 0.05) is 6.07 Å². The van der Waals surface area contributed by atoms with Crippen LogP contribution in [0.3, 0.4) is 0 Å². The molecule has 7 nitrogen and oxygen atoms in total. The third-order valence-corrected chi connectivity index (χ3v) is 3.97. The Labute approximate surface area is 130 Å². The van der Waals surface area contributed by atoms with Crippen LogP contribution in [-0.2, 0) is 15.1 Å². The SMILES string of the molecule is CC(C)(C(=O)NCC(N)=O)n1nc(-c2cccs2)ccc1=O. The minimum atomic E-state index is -1.25. The van der Waals surface area contributed by atoms with Crippen LogP contribution < -0.4 is 16.6 Å². The minimum absolute atomic E-state index is 0.290. The summed E-state index contributed by atoms with van der Waals surface area (Å²) in [6.07, 6.45) is 0. The van der Waals surface area contributed by atoms with Crippen molar-refractivity contribution >= 4 is 23.2 Å². The molecule has 2 rings (SSSR count). The van der Waals surface area contributed by atoms with Crippen LogP contribution in [-0.4, -0.2) is 28.1 Å². The van der Waals surface area contributed by atoms with E-state index in [-0.39, 0.29) is 6.54 Å². The Kier molecular flexibility index (Phi) is 4.41. The number of nitrogens with two attached hydrogens (primary N) is 1. The standard InChI is InChI=1S/C14H16N4O3S/c1-14(2,13(21)16-8-11(15)19)18-12(20)6-5-9(17-18)10-4-3-7-22-10/h3-7H,8H2,1-2H3,(H2,15,19)(H,16,21). The molecule has 0 radical (unpaired) electrons. The summed E-state index contributed by atoms with van der Waals surface area (Å²) in [5.74, 6) is -1.17. The van der Waals surface area contributed by atoms with E-state index in [9.17, 15) is 14.4 Å². The van der Waals surface area contributed by atoms with Gasteiger partial charge in [-0.05, 0) is 31.4 Å². The second-order valence-corrected chi connectivity index (χ2v) is 6.10. The summed E-state index contributed by atoms with van der Waals surface area (Å²) in [6.45, 7) is 2.81. The normalized spacial score (nSPS) is 11.2. The van der Waals surface area contributed by atoms with Crippen LogP contribution in [0.15, 0.2) is 34.4 Å². The monoisotopic (exact) mass is 320 g/mol. The summed E-state index contributed by atoms with van der Waals surface area (Å²) in [7, 11) is 0. The number of rotatable bonds is 5. The first-order valence-corrected chi connectivity index (χ1v) is 7.41. The van der Waals surface area contributed by atoms with Gasteiger partial charge in [0.2, 0.25) is 11.8 Å². The fourth-order valence-electron chi connectivity index (χ4n) is 1.85. The van der Waals surface area contributed by atoms with Crippen LogP contribution in [0.4, 0.5) is 0 Å². The number of primary amides is 1. The van der Waals surface area contributed by atoms with Gasteiger partial charge in [-0.25, -0.2) is 4.68 Å². The van der Waals surface area contributed by atoms with Crippen molar-refractivity contribution in [2.75, 3.05) is 6.54 Å². The molecule has 2 amide bonds. The molecule has 2 aromatic rings. The Bertz CT molecular complexity index is 750. The van der Waals surface area contributed by atoms with Gasteiger partial charge in [0.05, 0.1) is 11.4 Å². The predicted molar refractivity (Wildman–Crippen MR) is 83.3 cm³/mol. The van der Waals surface area contributed by atoms with Gasteiger partial charge in [0.15, 0.2) is 0 Å². The maximum Gasteiger partial charge on any atom is 0.267 e. The van der Waals surface area contributed by atoms with Crippen LogP contribution in [0.1, 0.15) is 13.8 Å². The van der Waals surface area contributed by atoms with Crippen molar-refractivity contribution in [1.29, 1.82) is 0 Å². The molecule has 0 saturated heterocycles. The molecule has 0 atom stereocenters. The Morgan fingerprint density at radius 1 is 1.36 bits per heavy atom. The number of carbonyl (C=O) groups excluding carboxylic acids is 2. The average Bonchev–Trinajstić information content (AvgIpc) is 2.99. The first-order chi connectivity index (χ1) is 10.3. The second kappa shape index (κ2) is 6.10. The molecule has 22 heavy (non-hydrogen) atoms. The highest BCUT2D eigenvalue weighted by Crippen LogP contribution is 2.22. The van der Waals surface area contributed by atoms with Crippen LogP contribution in [0, 0.1) is 0 Å². The summed E-state index contributed by atoms with van der Waals surface area (Å²) in [6, 6.07) is 6.73. The van der Waals surface area contributed by atoms with Crippen molar-refractivity contribution in [3.63, 3.8) is 0 Å². The van der Waals surface area contributed by atoms with E-state index in [1.165, 1.54) is 17.4 Å². The molecule has 0 aliphatic carbocycles. The first-order valence-electron chi connectivity index (χ1n) is 6.53. The first kappa shape index (κ1) is 15.9. The van der Waals surface area contributed by atoms with Crippen LogP contribution in [0.2, 0.25) is 0 Å². The van der Waals surface area contributed by atoms with E-state index in [4.69, 9.17) is 5.73 Å². The number of amides is 2. The van der Waals surface area contributed by atoms with Crippen LogP contribution in [0.5, 0.6) is 0 Å². The minimum Gasteiger partial charge on any atom is -0.368 e. The fourth-order valence-corrected chi connectivity index (χ4v) is 2.54. The van der Waals surface area contributed by atoms with Crippen molar-refractivity contribution < 1.29 is 9.59 Å². The van der Waals surface area contributed by atoms with Gasteiger partial charge in [-0.1, -0.05) is 6.07 Å². The molecule has 0 bridgehead atoms. The molecule has 0 unspecified atom stereocenters. The summed E-state index contributed by atoms with van der Waals surface area (Å²) in [5, 5.41) is 8.56. The summed E-state index contributed by atoms with van der Waals surface area (Å²) >= 11 is 1.48. The largest absolute Gasteiger partial charge is 0.368 e. The van der Waals surface area contributed by atoms with Crippen LogP contribution in [0.25, 0.3) is 10.6 Å². The molecule has 2 heterocycles. The molecule has 8 heteroatoms. The number of hydrogen-bond acceptors (Lipinski definition) is 5. The second-order valence-electron chi connectivity index (χ2n) is 5.15. The third-order valence-electron chi connectivity index (χ3n) is 3.08. The number of aromatic nitrogens is 2. The Hall–Kier alpha value is -2.48. The van der Waals surface area contributed by atoms with Crippen molar-refractivity contribution in [1.82, 2.24) is 15.1 Å². The number of hydrogen-bond donors (Lipinski definition) is 2. The third kappa shape index (κ3) is 3.22. The van der Waals surface area contributed by atoms with Gasteiger partial charge in [-0.15, -0.1) is 11.3 Å². The van der Waals surface area contributed by atoms with E-state index >= 15 is 0 Å². The Morgan fingerprint density at radius 2 is 2.09 bits per heavy atom. The number of nitrogens with zero attached hydrogens (tertiary/aromatic N) is 2. The van der Waals surface area contributed by atoms with Gasteiger partial charge in [-0.2, -0.15) is 5.10 Å². The molecule has 0 aliphatic rings. The molecule has 2 aromatic heterocycles. The fraction of sp³-hybridized carbons (Fsp3) is 0.286. The van der Waals surface area contributed by atoms with Gasteiger partial charge >= 0.3 is 0 Å². The van der Waals surface area contributed by atoms with Crippen LogP contribution >= 0.6 is 11.3 Å². The van der Waals surface area contributed by atoms with E-state index in [0.29, 0.717) is 5.69 Å². The molecule has 0 fully saturated rings. The van der Waals surface area contributed by atoms with Gasteiger partial charge in [-0.3, -0.25) is 14.4 Å². The van der Waals surface area contributed by atoms with E-state index in [1.54, 1.807) is 19.9 Å². The van der Waals surface area contributed by atoms with Gasteiger partial charge < -0.3 is 11.1 Å². The molecule has 116 valence electrons. The highest BCUT2D eigenvalue weighted by Gasteiger charge is 2.32. The van der Waals surface area contributed by atoms with E-state index in [0.717, 1.165) is 9.56 Å². The molecule has 0 aromatic carbocycles. The molecule has 0 spiro atoms. The predicted octanol–water partition coefficient (Wildman–Crippen LogP) is 0.308. The van der Waals surface area contributed by atoms with Crippen molar-refractivity contribution in [2.24, 2.45) is 5.73 Å². The highest BCUT2D eigenvalue weighted by molar-refractivity contribution is 7.13. The lowest BCUT2D eigenvalue weighted by Crippen LogP contribution is -2.51. The zero-order valence-electron chi connectivity index (χ0n) is 12.2. The maximum absolute atomic E-state index is 12.2. The zero-order chi connectivity index (χ0) is 16.3. The molecular weight excluding hydrogens is 304 g/mol. The van der Waals surface area contributed by atoms with Gasteiger partial charge in [0.1, 0.15) is 11.2 Å². The number of thiophene rings is 1. The lowest BCUT2D eigenvalue weighted by Gasteiger charge is -2.25. The quantitative estimate of drug-likeness (QED) is 0.826. The van der Waals surface area contributed by atoms with Crippen molar-refractivity contribution in [3.8, 4) is 10.6 Å². The van der Waals surface area contributed by atoms with E-state index in [2.05, 4.69) is 10.4 Å². The van der Waals surface area contributed by atoms with Gasteiger partial charge in [0.25, 0.3) is 5.56 Å². The molecular formula is C14H16N4O3S. The maximum atomic E-state index is 12.2. The number of nitrogens with one attached hydrogen (secondary N) is 1. The van der Waals surface area contributed by atoms with E-state index < -0.39 is 22.9 Å². The lowest BCUT2D eigenvalue weighted by molar-refractivity contribution is -0.131. The molecule has 3 N–H and O–H groups in total. The summed E-state index contributed by atoms with van der Waals surface area (Å²) in [4.78, 5) is 35.9. The van der Waals surface area contributed by atoms with Crippen molar-refractivity contribution in [3.05, 3.63) is 40.0 Å². The van der Waals surface area contributed by atoms with E-state index in [1.807, 2.05) is 17.5 Å². The smallest absolute Gasteiger partial charge is 0.267 e. The van der Waals surface area contributed by atoms with Crippen molar-refractivity contribution in [2.45, 2.75) is 19.4 Å². The molecule has 0 aliphatic heterocycles. The lowest BCUT2D eigenvalue weighted by atomic mass is 10.0. The zero-order valence-corrected chi connectivity index (χ0v) is 13.0. The summed E-state index contributed by atoms with van der Waals surface area (Å²) < 4.78 is 1.11. The molecule has 0 saturated carbocycles. The average molecular weight is 320 g/mol. The Morgan fingerprint density at radius 3 is 2.68 bits per heavy atom.